The summed E-state index contributed by atoms with van der Waals surface area (Å²) in [5.41, 5.74) is 5.42. The van der Waals surface area contributed by atoms with Crippen molar-refractivity contribution in [3.63, 3.8) is 0 Å². The first-order valence-electron chi connectivity index (χ1n) is 8.02. The van der Waals surface area contributed by atoms with Crippen LogP contribution in [-0.4, -0.2) is 11.0 Å². The van der Waals surface area contributed by atoms with Gasteiger partial charge in [0.15, 0.2) is 0 Å². The fourth-order valence-electron chi connectivity index (χ4n) is 4.48. The highest BCUT2D eigenvalue weighted by atomic mass is 79.9. The van der Waals surface area contributed by atoms with Gasteiger partial charge in [-0.25, -0.2) is 4.98 Å². The lowest BCUT2D eigenvalue weighted by atomic mass is 9.65. The van der Waals surface area contributed by atoms with Gasteiger partial charge in [0.1, 0.15) is 5.82 Å². The summed E-state index contributed by atoms with van der Waals surface area (Å²) >= 11 is 3.63. The molecule has 0 spiro atoms. The third kappa shape index (κ3) is 1.61. The van der Waals surface area contributed by atoms with Gasteiger partial charge in [0.2, 0.25) is 0 Å². The molecule has 0 fully saturated rings. The highest BCUT2D eigenvalue weighted by molar-refractivity contribution is 9.10. The predicted octanol–water partition coefficient (Wildman–Crippen LogP) is 5.23. The van der Waals surface area contributed by atoms with Crippen molar-refractivity contribution in [1.82, 2.24) is 4.98 Å². The average Bonchev–Trinajstić information content (AvgIpc) is 2.87. The van der Waals surface area contributed by atoms with Crippen molar-refractivity contribution in [3.05, 3.63) is 70.4 Å². The van der Waals surface area contributed by atoms with Crippen molar-refractivity contribution in [2.24, 2.45) is 5.92 Å². The number of anilines is 2. The van der Waals surface area contributed by atoms with Gasteiger partial charge >= 0.3 is 0 Å². The number of benzene rings is 1. The molecule has 0 saturated carbocycles. The van der Waals surface area contributed by atoms with Gasteiger partial charge < -0.3 is 4.90 Å². The number of aromatic nitrogens is 1. The lowest BCUT2D eigenvalue weighted by Crippen LogP contribution is -2.49. The van der Waals surface area contributed by atoms with E-state index in [4.69, 9.17) is 4.98 Å². The van der Waals surface area contributed by atoms with E-state index in [0.717, 1.165) is 10.3 Å². The van der Waals surface area contributed by atoms with Crippen molar-refractivity contribution < 1.29 is 0 Å². The zero-order chi connectivity index (χ0) is 15.8. The third-order valence-corrected chi connectivity index (χ3v) is 6.10. The molecule has 2 aliphatic heterocycles. The number of halogens is 1. The molecule has 3 heteroatoms. The predicted molar refractivity (Wildman–Crippen MR) is 97.9 cm³/mol. The molecule has 0 amide bonds. The van der Waals surface area contributed by atoms with E-state index < -0.39 is 0 Å². The van der Waals surface area contributed by atoms with Crippen LogP contribution < -0.4 is 4.90 Å². The molecule has 0 radical (unpaired) electrons. The van der Waals surface area contributed by atoms with Gasteiger partial charge in [-0.15, -0.1) is 0 Å². The maximum absolute atomic E-state index is 4.77. The molecule has 2 aromatic rings. The Morgan fingerprint density at radius 2 is 2.09 bits per heavy atom. The monoisotopic (exact) mass is 364 g/mol. The maximum atomic E-state index is 4.77. The van der Waals surface area contributed by atoms with E-state index in [1.807, 2.05) is 6.20 Å². The minimum absolute atomic E-state index is 0.0695. The van der Waals surface area contributed by atoms with Gasteiger partial charge in [-0.3, -0.25) is 0 Å². The summed E-state index contributed by atoms with van der Waals surface area (Å²) in [7, 11) is 0. The fourth-order valence-corrected chi connectivity index (χ4v) is 4.82. The van der Waals surface area contributed by atoms with Crippen LogP contribution in [0, 0.1) is 5.92 Å². The van der Waals surface area contributed by atoms with E-state index in [2.05, 4.69) is 83.2 Å². The topological polar surface area (TPSA) is 16.1 Å². The van der Waals surface area contributed by atoms with Gasteiger partial charge in [-0.05, 0) is 23.8 Å². The van der Waals surface area contributed by atoms with Gasteiger partial charge in [-0.1, -0.05) is 60.1 Å². The molecule has 3 aliphatic rings. The standard InChI is InChI=1S/C20H17BrN2/c1-20(2)15-6-3-5-14-13-9-8-12(21)11-17(13)23(18(14)15)19-16(20)7-4-10-22-19/h3-11,15,18H,1-2H3. The molecule has 2 unspecified atom stereocenters. The molecule has 2 atom stereocenters. The first-order valence-corrected chi connectivity index (χ1v) is 8.81. The number of nitrogens with zero attached hydrogens (tertiary/aromatic N) is 2. The lowest BCUT2D eigenvalue weighted by molar-refractivity contribution is 0.339. The quantitative estimate of drug-likeness (QED) is 0.636. The summed E-state index contributed by atoms with van der Waals surface area (Å²) in [6.45, 7) is 4.70. The summed E-state index contributed by atoms with van der Waals surface area (Å²) in [4.78, 5) is 7.22. The minimum atomic E-state index is 0.0695. The second-order valence-electron chi connectivity index (χ2n) is 7.11. The van der Waals surface area contributed by atoms with Crippen molar-refractivity contribution in [1.29, 1.82) is 0 Å². The Morgan fingerprint density at radius 3 is 2.96 bits per heavy atom. The lowest BCUT2D eigenvalue weighted by Gasteiger charge is -2.48. The number of allylic oxidation sites excluding steroid dienone is 2. The number of hydrogen-bond acceptors (Lipinski definition) is 2. The third-order valence-electron chi connectivity index (χ3n) is 5.60. The molecule has 0 bridgehead atoms. The number of pyridine rings is 1. The van der Waals surface area contributed by atoms with Crippen molar-refractivity contribution in [2.45, 2.75) is 25.3 Å². The normalized spacial score (nSPS) is 25.5. The Balaban J connectivity index is 1.87. The molecular formula is C20H17BrN2. The molecule has 3 heterocycles. The first kappa shape index (κ1) is 13.6. The van der Waals surface area contributed by atoms with Crippen LogP contribution in [0.25, 0.3) is 5.57 Å². The second-order valence-corrected chi connectivity index (χ2v) is 8.02. The van der Waals surface area contributed by atoms with Crippen LogP contribution in [-0.2, 0) is 5.41 Å². The van der Waals surface area contributed by atoms with Crippen molar-refractivity contribution >= 4 is 33.0 Å². The number of rotatable bonds is 0. The van der Waals surface area contributed by atoms with Gasteiger partial charge in [-0.2, -0.15) is 0 Å². The Labute approximate surface area is 144 Å². The van der Waals surface area contributed by atoms with E-state index in [0.29, 0.717) is 12.0 Å². The van der Waals surface area contributed by atoms with Crippen LogP contribution in [0.4, 0.5) is 11.5 Å². The van der Waals surface area contributed by atoms with E-state index in [-0.39, 0.29) is 5.41 Å². The zero-order valence-electron chi connectivity index (χ0n) is 13.1. The second kappa shape index (κ2) is 4.35. The van der Waals surface area contributed by atoms with Gasteiger partial charge in [0.05, 0.1) is 11.7 Å². The summed E-state index contributed by atoms with van der Waals surface area (Å²) in [5.74, 6) is 1.56. The maximum Gasteiger partial charge on any atom is 0.137 e. The minimum Gasteiger partial charge on any atom is -0.317 e. The summed E-state index contributed by atoms with van der Waals surface area (Å²) in [6, 6.07) is 11.2. The van der Waals surface area contributed by atoms with Crippen LogP contribution in [0.3, 0.4) is 0 Å². The molecule has 5 rings (SSSR count). The SMILES string of the molecule is CC1(C)c2cccnc2N2c3cc(Br)ccc3C3=CC=CC1C32. The smallest absolute Gasteiger partial charge is 0.137 e. The highest BCUT2D eigenvalue weighted by Gasteiger charge is 2.51. The van der Waals surface area contributed by atoms with Crippen molar-refractivity contribution in [2.75, 3.05) is 4.90 Å². The van der Waals surface area contributed by atoms with Gasteiger partial charge in [0.25, 0.3) is 0 Å². The van der Waals surface area contributed by atoms with Gasteiger partial charge in [0, 0.05) is 33.1 Å². The van der Waals surface area contributed by atoms with Crippen LogP contribution in [0.15, 0.2) is 59.2 Å². The molecule has 1 aromatic heterocycles. The molecule has 114 valence electrons. The van der Waals surface area contributed by atoms with Crippen LogP contribution in [0.2, 0.25) is 0 Å². The van der Waals surface area contributed by atoms with E-state index >= 15 is 0 Å². The molecule has 0 N–H and O–H groups in total. The molecule has 1 aliphatic carbocycles. The molecule has 2 nitrogen and oxygen atoms in total. The van der Waals surface area contributed by atoms with Crippen LogP contribution in [0.1, 0.15) is 25.0 Å². The highest BCUT2D eigenvalue weighted by Crippen LogP contribution is 2.57. The first-order chi connectivity index (χ1) is 11.1. The fraction of sp³-hybridized carbons (Fsp3) is 0.250. The van der Waals surface area contributed by atoms with E-state index in [9.17, 15) is 0 Å². The summed E-state index contributed by atoms with van der Waals surface area (Å²) in [5, 5.41) is 0. The Morgan fingerprint density at radius 1 is 1.22 bits per heavy atom. The Kier molecular flexibility index (Phi) is 2.57. The summed E-state index contributed by atoms with van der Waals surface area (Å²) < 4.78 is 1.11. The summed E-state index contributed by atoms with van der Waals surface area (Å²) in [6.07, 6.45) is 8.79. The molecule has 23 heavy (non-hydrogen) atoms. The largest absolute Gasteiger partial charge is 0.317 e. The molecule has 1 aromatic carbocycles. The average molecular weight is 365 g/mol. The number of fused-ring (bicyclic) bond motifs is 5. The van der Waals surface area contributed by atoms with Crippen LogP contribution >= 0.6 is 15.9 Å². The van der Waals surface area contributed by atoms with Crippen LogP contribution in [0.5, 0.6) is 0 Å². The van der Waals surface area contributed by atoms with Crippen molar-refractivity contribution in [3.8, 4) is 0 Å². The molecule has 0 saturated heterocycles. The molecular weight excluding hydrogens is 348 g/mol. The van der Waals surface area contributed by atoms with E-state index in [1.54, 1.807) is 0 Å². The van der Waals surface area contributed by atoms with E-state index in [1.165, 1.54) is 22.4 Å². The zero-order valence-corrected chi connectivity index (χ0v) is 14.7. The number of hydrogen-bond donors (Lipinski definition) is 0. The Bertz CT molecular complexity index is 894. The Hall–Kier alpha value is -1.87.